The number of ether oxygens (including phenoxy) is 1. The van der Waals surface area contributed by atoms with Crippen molar-refractivity contribution in [2.45, 2.75) is 19.4 Å². The van der Waals surface area contributed by atoms with Gasteiger partial charge in [0, 0.05) is 6.04 Å². The average Bonchev–Trinajstić information content (AvgIpc) is 2.44. The molecule has 4 heteroatoms. The van der Waals surface area contributed by atoms with Crippen molar-refractivity contribution in [1.82, 2.24) is 5.32 Å². The zero-order valence-corrected chi connectivity index (χ0v) is 13.1. The van der Waals surface area contributed by atoms with Gasteiger partial charge in [0.05, 0.1) is 4.47 Å². The summed E-state index contributed by atoms with van der Waals surface area (Å²) in [6, 6.07) is 12.6. The van der Waals surface area contributed by atoms with Gasteiger partial charge in [-0.2, -0.15) is 0 Å². The van der Waals surface area contributed by atoms with E-state index in [2.05, 4.69) is 34.2 Å². The molecule has 0 aliphatic carbocycles. The molecule has 0 radical (unpaired) electrons. The van der Waals surface area contributed by atoms with Gasteiger partial charge >= 0.3 is 0 Å². The third kappa shape index (κ3) is 3.58. The van der Waals surface area contributed by atoms with Gasteiger partial charge < -0.3 is 10.1 Å². The van der Waals surface area contributed by atoms with Gasteiger partial charge in [-0.05, 0) is 65.3 Å². The van der Waals surface area contributed by atoms with Gasteiger partial charge in [-0.15, -0.1) is 0 Å². The lowest BCUT2D eigenvalue weighted by molar-refractivity contribution is 0.474. The number of hydrogen-bond donors (Lipinski definition) is 1. The molecule has 2 aromatic rings. The van der Waals surface area contributed by atoms with Crippen LogP contribution >= 0.6 is 15.9 Å². The summed E-state index contributed by atoms with van der Waals surface area (Å²) in [4.78, 5) is 0. The number of nitrogens with one attached hydrogen (secondary N) is 1. The Kier molecular flexibility index (Phi) is 5.15. The Labute approximate surface area is 127 Å². The second kappa shape index (κ2) is 6.86. The van der Waals surface area contributed by atoms with Gasteiger partial charge in [0.2, 0.25) is 0 Å². The van der Waals surface area contributed by atoms with Crippen molar-refractivity contribution < 1.29 is 9.13 Å². The van der Waals surface area contributed by atoms with E-state index < -0.39 is 0 Å². The summed E-state index contributed by atoms with van der Waals surface area (Å²) >= 11 is 3.30. The van der Waals surface area contributed by atoms with E-state index in [0.717, 1.165) is 12.2 Å². The van der Waals surface area contributed by atoms with Gasteiger partial charge in [-0.1, -0.05) is 19.1 Å². The fourth-order valence-electron chi connectivity index (χ4n) is 2.09. The minimum absolute atomic E-state index is 0.292. The summed E-state index contributed by atoms with van der Waals surface area (Å²) in [5.41, 5.74) is 1.17. The first-order valence-corrected chi connectivity index (χ1v) is 7.33. The minimum atomic E-state index is -0.292. The highest BCUT2D eigenvalue weighted by atomic mass is 79.9. The van der Waals surface area contributed by atoms with Crippen LogP contribution in [0.25, 0.3) is 0 Å². The minimum Gasteiger partial charge on any atom is -0.456 e. The van der Waals surface area contributed by atoms with Crippen molar-refractivity contribution in [3.63, 3.8) is 0 Å². The summed E-state index contributed by atoms with van der Waals surface area (Å²) < 4.78 is 19.5. The van der Waals surface area contributed by atoms with Crippen molar-refractivity contribution in [2.75, 3.05) is 7.05 Å². The van der Waals surface area contributed by atoms with Crippen LogP contribution in [0.3, 0.4) is 0 Å². The molecule has 20 heavy (non-hydrogen) atoms. The Balaban J connectivity index is 2.23. The Morgan fingerprint density at radius 1 is 1.25 bits per heavy atom. The molecular formula is C16H17BrFNO. The first kappa shape index (κ1) is 15.0. The number of rotatable bonds is 5. The van der Waals surface area contributed by atoms with Crippen LogP contribution in [-0.4, -0.2) is 7.05 Å². The molecule has 2 rings (SSSR count). The molecule has 0 saturated carbocycles. The summed E-state index contributed by atoms with van der Waals surface area (Å²) in [5, 5.41) is 3.26. The van der Waals surface area contributed by atoms with Gasteiger partial charge in [0.15, 0.2) is 0 Å². The first-order valence-electron chi connectivity index (χ1n) is 6.54. The Hall–Kier alpha value is -1.39. The predicted molar refractivity (Wildman–Crippen MR) is 82.7 cm³/mol. The lowest BCUT2D eigenvalue weighted by Crippen LogP contribution is -2.14. The molecule has 0 saturated heterocycles. The summed E-state index contributed by atoms with van der Waals surface area (Å²) in [5.74, 6) is 1.05. The highest BCUT2D eigenvalue weighted by molar-refractivity contribution is 9.10. The second-order valence-electron chi connectivity index (χ2n) is 4.50. The molecule has 1 unspecified atom stereocenters. The van der Waals surface area contributed by atoms with Crippen LogP contribution < -0.4 is 10.1 Å². The molecule has 2 aromatic carbocycles. The normalized spacial score (nSPS) is 12.2. The molecule has 0 heterocycles. The maximum Gasteiger partial charge on any atom is 0.141 e. The molecule has 0 aromatic heterocycles. The maximum atomic E-state index is 13.1. The van der Waals surface area contributed by atoms with Crippen molar-refractivity contribution in [1.29, 1.82) is 0 Å². The summed E-state index contributed by atoms with van der Waals surface area (Å²) in [7, 11) is 1.94. The highest BCUT2D eigenvalue weighted by Gasteiger charge is 2.09. The van der Waals surface area contributed by atoms with Crippen LogP contribution in [0.1, 0.15) is 24.9 Å². The fourth-order valence-corrected chi connectivity index (χ4v) is 2.52. The molecular weight excluding hydrogens is 321 g/mol. The van der Waals surface area contributed by atoms with Crippen molar-refractivity contribution in [2.24, 2.45) is 0 Å². The zero-order chi connectivity index (χ0) is 14.5. The fraction of sp³-hybridized carbons (Fsp3) is 0.250. The van der Waals surface area contributed by atoms with E-state index in [9.17, 15) is 4.39 Å². The average molecular weight is 338 g/mol. The van der Waals surface area contributed by atoms with E-state index in [1.165, 1.54) is 17.7 Å². The lowest BCUT2D eigenvalue weighted by Gasteiger charge is -2.15. The monoisotopic (exact) mass is 337 g/mol. The molecule has 0 fully saturated rings. The Morgan fingerprint density at radius 3 is 2.70 bits per heavy atom. The largest absolute Gasteiger partial charge is 0.456 e. The molecule has 1 N–H and O–H groups in total. The van der Waals surface area contributed by atoms with Gasteiger partial charge in [-0.3, -0.25) is 0 Å². The quantitative estimate of drug-likeness (QED) is 0.824. The SMILES string of the molecule is CCC(NC)c1cccc(Oc2ccc(F)cc2Br)c1. The molecule has 1 atom stereocenters. The van der Waals surface area contributed by atoms with E-state index in [4.69, 9.17) is 4.74 Å². The molecule has 0 spiro atoms. The summed E-state index contributed by atoms with van der Waals surface area (Å²) in [6.45, 7) is 2.13. The van der Waals surface area contributed by atoms with Crippen molar-refractivity contribution >= 4 is 15.9 Å². The smallest absolute Gasteiger partial charge is 0.141 e. The molecule has 0 bridgehead atoms. The number of hydrogen-bond acceptors (Lipinski definition) is 2. The molecule has 106 valence electrons. The van der Waals surface area contributed by atoms with E-state index in [1.807, 2.05) is 25.2 Å². The molecule has 0 amide bonds. The van der Waals surface area contributed by atoms with Gasteiger partial charge in [0.1, 0.15) is 17.3 Å². The maximum absolute atomic E-state index is 13.1. The van der Waals surface area contributed by atoms with Gasteiger partial charge in [0.25, 0.3) is 0 Å². The lowest BCUT2D eigenvalue weighted by atomic mass is 10.0. The second-order valence-corrected chi connectivity index (χ2v) is 5.35. The number of halogens is 2. The molecule has 0 aliphatic heterocycles. The Morgan fingerprint density at radius 2 is 2.05 bits per heavy atom. The van der Waals surface area contributed by atoms with Gasteiger partial charge in [-0.25, -0.2) is 4.39 Å². The van der Waals surface area contributed by atoms with Crippen molar-refractivity contribution in [3.05, 3.63) is 58.3 Å². The van der Waals surface area contributed by atoms with Crippen LogP contribution in [0.5, 0.6) is 11.5 Å². The summed E-state index contributed by atoms with van der Waals surface area (Å²) in [6.07, 6.45) is 1.00. The van der Waals surface area contributed by atoms with Crippen molar-refractivity contribution in [3.8, 4) is 11.5 Å². The third-order valence-corrected chi connectivity index (χ3v) is 3.76. The standard InChI is InChI=1S/C16H17BrFNO/c1-3-15(19-2)11-5-4-6-13(9-11)20-16-8-7-12(18)10-14(16)17/h4-10,15,19H,3H2,1-2H3. The number of benzene rings is 2. The Bertz CT molecular complexity index is 584. The van der Waals surface area contributed by atoms with E-state index in [1.54, 1.807) is 6.07 Å². The van der Waals surface area contributed by atoms with E-state index in [-0.39, 0.29) is 5.82 Å². The molecule has 2 nitrogen and oxygen atoms in total. The van der Waals surface area contributed by atoms with E-state index >= 15 is 0 Å². The van der Waals surface area contributed by atoms with Crippen LogP contribution in [0.15, 0.2) is 46.9 Å². The molecule has 0 aliphatic rings. The van der Waals surface area contributed by atoms with Crippen LogP contribution in [0.4, 0.5) is 4.39 Å². The third-order valence-electron chi connectivity index (χ3n) is 3.14. The highest BCUT2D eigenvalue weighted by Crippen LogP contribution is 2.31. The zero-order valence-electron chi connectivity index (χ0n) is 11.5. The predicted octanol–water partition coefficient (Wildman–Crippen LogP) is 5.05. The van der Waals surface area contributed by atoms with E-state index in [0.29, 0.717) is 16.3 Å². The van der Waals surface area contributed by atoms with Crippen LogP contribution in [0, 0.1) is 5.82 Å². The van der Waals surface area contributed by atoms with Crippen LogP contribution in [0.2, 0.25) is 0 Å². The first-order chi connectivity index (χ1) is 9.63. The van der Waals surface area contributed by atoms with Crippen LogP contribution in [-0.2, 0) is 0 Å². The topological polar surface area (TPSA) is 21.3 Å².